The number of fused-ring (bicyclic) bond motifs is 1. The van der Waals surface area contributed by atoms with Crippen LogP contribution in [0, 0.1) is 6.85 Å². The van der Waals surface area contributed by atoms with Gasteiger partial charge in [0.2, 0.25) is 0 Å². The molecule has 65 heavy (non-hydrogen) atoms. The van der Waals surface area contributed by atoms with E-state index in [1.807, 2.05) is 83.4 Å². The summed E-state index contributed by atoms with van der Waals surface area (Å²) in [6, 6.07) is 49.7. The zero-order chi connectivity index (χ0) is 55.8. The third-order valence-electron chi connectivity index (χ3n) is 12.1. The Hall–Kier alpha value is -7.04. The van der Waals surface area contributed by atoms with E-state index in [1.54, 1.807) is 42.6 Å². The number of phenolic OH excluding ortho intramolecular Hbond substituents is 1. The Morgan fingerprint density at radius 3 is 1.78 bits per heavy atom. The molecule has 9 rings (SSSR count). The van der Waals surface area contributed by atoms with E-state index >= 15 is 0 Å². The molecule has 7 aromatic carbocycles. The maximum atomic E-state index is 11.5. The van der Waals surface area contributed by atoms with E-state index in [-0.39, 0.29) is 27.7 Å². The van der Waals surface area contributed by atoms with E-state index in [9.17, 15) is 5.11 Å². The highest BCUT2D eigenvalue weighted by Crippen LogP contribution is 2.42. The van der Waals surface area contributed by atoms with Crippen molar-refractivity contribution in [1.82, 2.24) is 14.5 Å². The second-order valence-electron chi connectivity index (χ2n) is 18.9. The molecule has 0 bridgehead atoms. The van der Waals surface area contributed by atoms with E-state index in [4.69, 9.17) is 26.4 Å². The van der Waals surface area contributed by atoms with Crippen molar-refractivity contribution in [3.05, 3.63) is 192 Å². The molecule has 324 valence electrons. The normalized spacial score (nSPS) is 15.7. The Labute approximate surface area is 402 Å². The minimum absolute atomic E-state index is 0.0357. The number of phenols is 1. The van der Waals surface area contributed by atoms with Crippen LogP contribution in [0.4, 0.5) is 0 Å². The SMILES string of the molecule is [2H]C([2H])([2H])c1cc(-c2cc(C(C)(C)C)cc(C(C)(C)C)c2)ccc1-n1c(-c2ccccc2O)nc2c(-c3cc(-c4ccccc4)cc(-c4cc(-c5ccc(C(C([2H])([2H])[2H])(C([2H])([2H])[2H])C([2H])([2H])[2H])cc5)ccn4)c3)cccc21. The van der Waals surface area contributed by atoms with Gasteiger partial charge in [-0.25, -0.2) is 4.98 Å². The van der Waals surface area contributed by atoms with Crippen LogP contribution in [-0.4, -0.2) is 19.6 Å². The molecule has 0 saturated heterocycles. The van der Waals surface area contributed by atoms with Gasteiger partial charge < -0.3 is 5.11 Å². The van der Waals surface area contributed by atoms with E-state index in [2.05, 4.69) is 65.8 Å². The summed E-state index contributed by atoms with van der Waals surface area (Å²) in [4.78, 5) is 10.1. The average molecular weight is 862 g/mol. The molecular formula is C61H59N3O. The quantitative estimate of drug-likeness (QED) is 0.174. The lowest BCUT2D eigenvalue weighted by atomic mass is 9.79. The Kier molecular flexibility index (Phi) is 7.86. The number of benzene rings is 7. The molecule has 0 saturated carbocycles. The monoisotopic (exact) mass is 862 g/mol. The number of nitrogens with zero attached hydrogens (tertiary/aromatic N) is 3. The summed E-state index contributed by atoms with van der Waals surface area (Å²) >= 11 is 0. The van der Waals surface area contributed by atoms with Crippen LogP contribution in [0.5, 0.6) is 5.75 Å². The first kappa shape index (κ1) is 30.9. The van der Waals surface area contributed by atoms with Gasteiger partial charge >= 0.3 is 0 Å². The first-order valence-electron chi connectivity index (χ1n) is 27.8. The predicted octanol–water partition coefficient (Wildman–Crippen LogP) is 16.3. The maximum Gasteiger partial charge on any atom is 0.149 e. The summed E-state index contributed by atoms with van der Waals surface area (Å²) in [6.45, 7) is 0.237. The number of aromatic nitrogens is 3. The zero-order valence-corrected chi connectivity index (χ0v) is 37.5. The van der Waals surface area contributed by atoms with Crippen molar-refractivity contribution in [2.45, 2.75) is 85.2 Å². The second-order valence-corrected chi connectivity index (χ2v) is 18.9. The van der Waals surface area contributed by atoms with Crippen molar-refractivity contribution in [3.8, 4) is 78.6 Å². The van der Waals surface area contributed by atoms with E-state index in [0.717, 1.165) is 38.9 Å². The third-order valence-corrected chi connectivity index (χ3v) is 12.1. The van der Waals surface area contributed by atoms with Crippen LogP contribution in [0.3, 0.4) is 0 Å². The van der Waals surface area contributed by atoms with Crippen molar-refractivity contribution in [2.75, 3.05) is 0 Å². The molecular weight excluding hydrogens is 791 g/mol. The van der Waals surface area contributed by atoms with Crippen LogP contribution in [-0.2, 0) is 16.2 Å². The summed E-state index contributed by atoms with van der Waals surface area (Å²) < 4.78 is 103. The van der Waals surface area contributed by atoms with E-state index in [1.165, 1.54) is 24.3 Å². The average Bonchev–Trinajstić information content (AvgIpc) is 3.83. The number of pyridine rings is 1. The molecule has 0 fully saturated rings. The summed E-state index contributed by atoms with van der Waals surface area (Å²) in [6.07, 6.45) is 1.63. The summed E-state index contributed by atoms with van der Waals surface area (Å²) in [7, 11) is 0. The van der Waals surface area contributed by atoms with Crippen molar-refractivity contribution in [2.24, 2.45) is 0 Å². The largest absolute Gasteiger partial charge is 0.507 e. The van der Waals surface area contributed by atoms with Crippen LogP contribution in [0.15, 0.2) is 170 Å². The standard InChI is InChI=1S/C61H59N3O/c1-39-31-42(45-35-49(60(5,6)7)38-50(36-45)61(8,9)10)25-28-54(39)64-55-21-16-20-51(57(55)63-58(64)52-19-14-15-22-56(52)65)46-32-44(40-17-12-11-13-18-40)33-47(34-46)53-37-43(29-30-62-53)41-23-26-48(27-24-41)59(2,3)4/h11-38,65H,1-10H3/i1D3,2D3,3D3,4D3. The molecule has 4 nitrogen and oxygen atoms in total. The molecule has 0 aliphatic rings. The van der Waals surface area contributed by atoms with Crippen molar-refractivity contribution >= 4 is 11.0 Å². The second kappa shape index (κ2) is 16.5. The molecule has 9 aromatic rings. The van der Waals surface area contributed by atoms with Gasteiger partial charge in [0.1, 0.15) is 11.6 Å². The number of imidazole rings is 1. The van der Waals surface area contributed by atoms with Gasteiger partial charge in [-0.1, -0.05) is 165 Å². The van der Waals surface area contributed by atoms with Gasteiger partial charge in [0.05, 0.1) is 28.0 Å². The van der Waals surface area contributed by atoms with E-state index < -0.39 is 32.8 Å². The molecule has 0 radical (unpaired) electrons. The topological polar surface area (TPSA) is 50.9 Å². The van der Waals surface area contributed by atoms with Crippen LogP contribution in [0.2, 0.25) is 0 Å². The molecule has 0 aliphatic carbocycles. The fourth-order valence-corrected chi connectivity index (χ4v) is 8.40. The Morgan fingerprint density at radius 2 is 1.09 bits per heavy atom. The molecule has 0 atom stereocenters. The Bertz CT molecular complexity index is 3600. The molecule has 0 unspecified atom stereocenters. The lowest BCUT2D eigenvalue weighted by Gasteiger charge is -2.26. The van der Waals surface area contributed by atoms with Crippen LogP contribution >= 0.6 is 0 Å². The molecule has 2 heterocycles. The van der Waals surface area contributed by atoms with Gasteiger partial charge in [-0.15, -0.1) is 0 Å². The predicted molar refractivity (Wildman–Crippen MR) is 274 cm³/mol. The molecule has 0 amide bonds. The molecule has 4 heteroatoms. The van der Waals surface area contributed by atoms with Gasteiger partial charge in [-0.3, -0.25) is 9.55 Å². The lowest BCUT2D eigenvalue weighted by Crippen LogP contribution is -2.16. The van der Waals surface area contributed by atoms with Crippen molar-refractivity contribution < 1.29 is 21.6 Å². The van der Waals surface area contributed by atoms with Crippen molar-refractivity contribution in [3.63, 3.8) is 0 Å². The third kappa shape index (κ3) is 8.66. The highest BCUT2D eigenvalue weighted by molar-refractivity contribution is 5.98. The molecule has 0 spiro atoms. The zero-order valence-electron chi connectivity index (χ0n) is 49.5. The summed E-state index contributed by atoms with van der Waals surface area (Å²) in [5, 5.41) is 11.5. The highest BCUT2D eigenvalue weighted by atomic mass is 16.3. The van der Waals surface area contributed by atoms with Crippen LogP contribution < -0.4 is 0 Å². The number of aryl methyl sites for hydroxylation is 1. The summed E-state index contributed by atoms with van der Waals surface area (Å²) in [5.74, 6) is 0.300. The number of aromatic hydroxyl groups is 1. The van der Waals surface area contributed by atoms with E-state index in [0.29, 0.717) is 56.1 Å². The maximum absolute atomic E-state index is 11.5. The van der Waals surface area contributed by atoms with Gasteiger partial charge in [0.25, 0.3) is 0 Å². The fourth-order valence-electron chi connectivity index (χ4n) is 8.40. The summed E-state index contributed by atoms with van der Waals surface area (Å²) in [5.41, 5.74) is 7.86. The molecule has 0 aliphatic heterocycles. The lowest BCUT2D eigenvalue weighted by molar-refractivity contribution is 0.477. The smallest absolute Gasteiger partial charge is 0.149 e. The number of hydrogen-bond donors (Lipinski definition) is 1. The minimum atomic E-state index is -3.40. The highest BCUT2D eigenvalue weighted by Gasteiger charge is 2.24. The first-order valence-corrected chi connectivity index (χ1v) is 21.8. The number of hydrogen-bond acceptors (Lipinski definition) is 3. The van der Waals surface area contributed by atoms with Gasteiger partial charge in [-0.2, -0.15) is 0 Å². The number of para-hydroxylation sites is 2. The van der Waals surface area contributed by atoms with Gasteiger partial charge in [0, 0.05) is 33.8 Å². The van der Waals surface area contributed by atoms with Crippen molar-refractivity contribution in [1.29, 1.82) is 0 Å². The first-order chi connectivity index (χ1) is 35.9. The van der Waals surface area contributed by atoms with Gasteiger partial charge in [-0.05, 0) is 145 Å². The fraction of sp³-hybridized carbons (Fsp3) is 0.213. The number of rotatable bonds is 7. The van der Waals surface area contributed by atoms with Gasteiger partial charge in [0.15, 0.2) is 0 Å². The van der Waals surface area contributed by atoms with Crippen LogP contribution in [0.25, 0.3) is 83.9 Å². The van der Waals surface area contributed by atoms with Crippen LogP contribution in [0.1, 0.15) is 101 Å². The molecule has 2 aromatic heterocycles. The minimum Gasteiger partial charge on any atom is -0.507 e. The Balaban J connectivity index is 1.23. The molecule has 1 N–H and O–H groups in total. The Morgan fingerprint density at radius 1 is 0.477 bits per heavy atom.